The summed E-state index contributed by atoms with van der Waals surface area (Å²) in [5.74, 6) is -0.286. The maximum Gasteiger partial charge on any atom is 0.328 e. The standard InChI is InChI=1S/C23H25NOS.C4H4O4/c1-24-17-11-12-21(24)20(19(14-17)23-10-5-13-26-23)15-25-22-9-4-7-16-6-2-3-8-18(16)22;5-3(6)1-2-4(7)8/h2-10,13,17,19-21H,11-12,14-15H2,1H3;1-2H,(H,5,6)(H,7,8)/b;2-1+/t17?,19-,20+,21?;/m0./s1. The van der Waals surface area contributed by atoms with Crippen LogP contribution in [0.1, 0.15) is 30.1 Å². The van der Waals surface area contributed by atoms with Crippen LogP contribution in [0.5, 0.6) is 5.75 Å². The quantitative estimate of drug-likeness (QED) is 0.469. The highest BCUT2D eigenvalue weighted by Crippen LogP contribution is 2.47. The van der Waals surface area contributed by atoms with E-state index in [1.54, 1.807) is 4.88 Å². The molecule has 3 aromatic rings. The molecule has 5 rings (SSSR count). The Morgan fingerprint density at radius 1 is 1.03 bits per heavy atom. The lowest BCUT2D eigenvalue weighted by molar-refractivity contribution is -0.134. The second-order valence-corrected chi connectivity index (χ2v) is 9.76. The van der Waals surface area contributed by atoms with Crippen LogP contribution in [0, 0.1) is 5.92 Å². The Bertz CT molecular complexity index is 1140. The van der Waals surface area contributed by atoms with E-state index in [1.165, 1.54) is 30.0 Å². The third kappa shape index (κ3) is 5.48. The van der Waals surface area contributed by atoms with Crippen LogP contribution < -0.4 is 4.74 Å². The third-order valence-corrected chi connectivity index (χ3v) is 7.89. The van der Waals surface area contributed by atoms with Crippen molar-refractivity contribution in [2.24, 2.45) is 5.92 Å². The molecule has 0 amide bonds. The van der Waals surface area contributed by atoms with E-state index in [-0.39, 0.29) is 0 Å². The molecule has 0 spiro atoms. The number of hydrogen-bond acceptors (Lipinski definition) is 5. The molecule has 4 atom stereocenters. The molecule has 6 nitrogen and oxygen atoms in total. The summed E-state index contributed by atoms with van der Waals surface area (Å²) >= 11 is 1.92. The van der Waals surface area contributed by atoms with E-state index in [9.17, 15) is 9.59 Å². The zero-order valence-electron chi connectivity index (χ0n) is 19.0. The molecular formula is C27H29NO5S. The number of carbonyl (C=O) groups is 2. The van der Waals surface area contributed by atoms with Gasteiger partial charge in [-0.05, 0) is 49.2 Å². The van der Waals surface area contributed by atoms with Gasteiger partial charge in [0.25, 0.3) is 0 Å². The van der Waals surface area contributed by atoms with Crippen molar-refractivity contribution in [1.29, 1.82) is 0 Å². The van der Waals surface area contributed by atoms with Crippen LogP contribution in [0.25, 0.3) is 10.8 Å². The van der Waals surface area contributed by atoms with Crippen LogP contribution >= 0.6 is 11.3 Å². The summed E-state index contributed by atoms with van der Waals surface area (Å²) < 4.78 is 6.46. The second-order valence-electron chi connectivity index (χ2n) is 8.78. The zero-order chi connectivity index (χ0) is 24.1. The molecule has 7 heteroatoms. The molecule has 0 radical (unpaired) electrons. The Morgan fingerprint density at radius 3 is 2.47 bits per heavy atom. The fourth-order valence-corrected chi connectivity index (χ4v) is 6.20. The van der Waals surface area contributed by atoms with E-state index in [0.717, 1.165) is 18.4 Å². The van der Waals surface area contributed by atoms with Gasteiger partial charge in [-0.15, -0.1) is 11.3 Å². The SMILES string of the molecule is CN1C2CCC1[C@H](COc1cccc3ccccc13)[C@@H](c1cccs1)C2.O=C(O)/C=C/C(=O)O. The van der Waals surface area contributed by atoms with Gasteiger partial charge in [0.15, 0.2) is 0 Å². The molecule has 178 valence electrons. The van der Waals surface area contributed by atoms with Gasteiger partial charge in [0.2, 0.25) is 0 Å². The highest BCUT2D eigenvalue weighted by atomic mass is 32.1. The van der Waals surface area contributed by atoms with Gasteiger partial charge < -0.3 is 19.8 Å². The van der Waals surface area contributed by atoms with E-state index in [2.05, 4.69) is 71.9 Å². The lowest BCUT2D eigenvalue weighted by Gasteiger charge is -2.42. The first-order valence-electron chi connectivity index (χ1n) is 11.4. The number of piperidine rings is 1. The number of rotatable bonds is 6. The minimum atomic E-state index is -1.26. The Kier molecular flexibility index (Phi) is 7.65. The summed E-state index contributed by atoms with van der Waals surface area (Å²) in [6.45, 7) is 0.804. The summed E-state index contributed by atoms with van der Waals surface area (Å²) in [5, 5.41) is 20.3. The fraction of sp³-hybridized carbons (Fsp3) is 0.333. The first-order chi connectivity index (χ1) is 16.4. The van der Waals surface area contributed by atoms with Crippen LogP contribution in [-0.4, -0.2) is 52.8 Å². The monoisotopic (exact) mass is 479 g/mol. The zero-order valence-corrected chi connectivity index (χ0v) is 19.9. The first kappa shape index (κ1) is 24.0. The molecule has 3 heterocycles. The summed E-state index contributed by atoms with van der Waals surface area (Å²) in [6, 6.07) is 20.8. The third-order valence-electron chi connectivity index (χ3n) is 6.89. The molecule has 0 saturated carbocycles. The van der Waals surface area contributed by atoms with Gasteiger partial charge in [-0.3, -0.25) is 0 Å². The first-order valence-corrected chi connectivity index (χ1v) is 12.3. The number of fused-ring (bicyclic) bond motifs is 3. The summed E-state index contributed by atoms with van der Waals surface area (Å²) in [5.41, 5.74) is 0. The molecule has 2 N–H and O–H groups in total. The number of thiophene rings is 1. The van der Waals surface area contributed by atoms with Crippen molar-refractivity contribution >= 4 is 34.0 Å². The highest BCUT2D eigenvalue weighted by Gasteiger charge is 2.46. The van der Waals surface area contributed by atoms with Crippen molar-refractivity contribution in [3.05, 3.63) is 77.0 Å². The summed E-state index contributed by atoms with van der Waals surface area (Å²) in [6.07, 6.45) is 5.04. The van der Waals surface area contributed by atoms with Crippen LogP contribution in [-0.2, 0) is 9.59 Å². The van der Waals surface area contributed by atoms with Crippen LogP contribution in [0.3, 0.4) is 0 Å². The number of carboxylic acids is 2. The van der Waals surface area contributed by atoms with Gasteiger partial charge in [0.1, 0.15) is 5.75 Å². The van der Waals surface area contributed by atoms with Crippen molar-refractivity contribution in [2.45, 2.75) is 37.3 Å². The van der Waals surface area contributed by atoms with Crippen molar-refractivity contribution in [1.82, 2.24) is 4.90 Å². The second kappa shape index (κ2) is 10.8. The number of aliphatic carboxylic acids is 2. The molecule has 2 fully saturated rings. The highest BCUT2D eigenvalue weighted by molar-refractivity contribution is 7.10. The van der Waals surface area contributed by atoms with E-state index in [1.807, 2.05) is 11.3 Å². The molecular weight excluding hydrogens is 450 g/mol. The number of hydrogen-bond donors (Lipinski definition) is 2. The lowest BCUT2D eigenvalue weighted by atomic mass is 9.79. The molecule has 34 heavy (non-hydrogen) atoms. The molecule has 1 aromatic heterocycles. The predicted molar refractivity (Wildman–Crippen MR) is 134 cm³/mol. The molecule has 2 aliphatic rings. The Balaban J connectivity index is 0.000000297. The molecule has 2 aliphatic heterocycles. The van der Waals surface area contributed by atoms with Gasteiger partial charge in [-0.2, -0.15) is 0 Å². The van der Waals surface area contributed by atoms with Gasteiger partial charge in [0.05, 0.1) is 6.61 Å². The average Bonchev–Trinajstić information content (AvgIpc) is 3.44. The van der Waals surface area contributed by atoms with Gasteiger partial charge in [0, 0.05) is 46.3 Å². The van der Waals surface area contributed by atoms with Crippen molar-refractivity contribution < 1.29 is 24.5 Å². The Morgan fingerprint density at radius 2 is 1.76 bits per heavy atom. The average molecular weight is 480 g/mol. The fourth-order valence-electron chi connectivity index (χ4n) is 5.28. The molecule has 2 aromatic carbocycles. The summed E-state index contributed by atoms with van der Waals surface area (Å²) in [7, 11) is 2.32. The number of benzene rings is 2. The van der Waals surface area contributed by atoms with Crippen molar-refractivity contribution in [3.63, 3.8) is 0 Å². The maximum atomic E-state index is 9.55. The van der Waals surface area contributed by atoms with Gasteiger partial charge in [-0.1, -0.05) is 42.5 Å². The van der Waals surface area contributed by atoms with Crippen molar-refractivity contribution in [3.8, 4) is 5.75 Å². The largest absolute Gasteiger partial charge is 0.493 e. The predicted octanol–water partition coefficient (Wildman–Crippen LogP) is 5.26. The van der Waals surface area contributed by atoms with Crippen LogP contribution in [0.15, 0.2) is 72.1 Å². The minimum Gasteiger partial charge on any atom is -0.493 e. The molecule has 2 unspecified atom stereocenters. The topological polar surface area (TPSA) is 87.1 Å². The maximum absolute atomic E-state index is 9.55. The summed E-state index contributed by atoms with van der Waals surface area (Å²) in [4.78, 5) is 23.3. The van der Waals surface area contributed by atoms with Crippen molar-refractivity contribution in [2.75, 3.05) is 13.7 Å². The van der Waals surface area contributed by atoms with E-state index in [0.29, 0.717) is 30.0 Å². The Hall–Kier alpha value is -3.16. The lowest BCUT2D eigenvalue weighted by Crippen LogP contribution is -2.47. The van der Waals surface area contributed by atoms with Gasteiger partial charge in [-0.25, -0.2) is 9.59 Å². The number of nitrogens with zero attached hydrogens (tertiary/aromatic N) is 1. The minimum absolute atomic E-state index is 0.558. The van der Waals surface area contributed by atoms with Crippen LogP contribution in [0.2, 0.25) is 0 Å². The molecule has 0 aliphatic carbocycles. The van der Waals surface area contributed by atoms with E-state index < -0.39 is 11.9 Å². The normalized spacial score (nSPS) is 24.0. The number of ether oxygens (including phenoxy) is 1. The van der Waals surface area contributed by atoms with Gasteiger partial charge >= 0.3 is 11.9 Å². The van der Waals surface area contributed by atoms with E-state index in [4.69, 9.17) is 14.9 Å². The molecule has 2 saturated heterocycles. The van der Waals surface area contributed by atoms with E-state index >= 15 is 0 Å². The number of carboxylic acid groups (broad SMARTS) is 2. The molecule has 2 bridgehead atoms. The van der Waals surface area contributed by atoms with Crippen LogP contribution in [0.4, 0.5) is 0 Å². The Labute approximate surface area is 203 Å². The smallest absolute Gasteiger partial charge is 0.328 e.